The molecule has 4 aromatic rings. The monoisotopic (exact) mass is 870 g/mol. The number of rotatable bonds is 10. The van der Waals surface area contributed by atoms with Crippen molar-refractivity contribution in [1.82, 2.24) is 30.8 Å². The number of carbonyl (C=O) groups is 2. The molecule has 19 nitrogen and oxygen atoms in total. The third-order valence-corrected chi connectivity index (χ3v) is 12.1. The molecule has 2 aliphatic heterocycles. The number of carboxylic acids is 2. The highest BCUT2D eigenvalue weighted by Crippen LogP contribution is 2.34. The predicted octanol–water partition coefficient (Wildman–Crippen LogP) is 3.70. The zero-order valence-electron chi connectivity index (χ0n) is 29.0. The Labute approximate surface area is 329 Å². The first-order valence-electron chi connectivity index (χ1n) is 16.5. The normalized spacial score (nSPS) is 19.8. The smallest absolute Gasteiger partial charge is 0.476 e. The molecule has 0 aliphatic carbocycles. The van der Waals surface area contributed by atoms with Crippen molar-refractivity contribution in [2.75, 3.05) is 13.2 Å². The lowest BCUT2D eigenvalue weighted by Gasteiger charge is -2.37. The van der Waals surface area contributed by atoms with Gasteiger partial charge >= 0.3 is 18.3 Å². The molecule has 0 amide bonds. The highest BCUT2D eigenvalue weighted by atomic mass is 35.5. The van der Waals surface area contributed by atoms with Gasteiger partial charge in [0, 0.05) is 40.9 Å². The van der Waals surface area contributed by atoms with Crippen LogP contribution in [0.5, 0.6) is 29.0 Å². The first-order chi connectivity index (χ1) is 27.4. The summed E-state index contributed by atoms with van der Waals surface area (Å²) in [6.45, 7) is -0.0623. The third kappa shape index (κ3) is 10.3. The number of alkyl halides is 3. The van der Waals surface area contributed by atoms with E-state index in [1.807, 2.05) is 0 Å². The van der Waals surface area contributed by atoms with Crippen molar-refractivity contribution in [3.8, 4) is 51.4 Å². The first-order valence-corrected chi connectivity index (χ1v) is 19.9. The number of hydrogen-bond donors (Lipinski definition) is 4. The zero-order valence-corrected chi connectivity index (χ0v) is 31.4. The van der Waals surface area contributed by atoms with Gasteiger partial charge in [-0.3, -0.25) is 0 Å². The molecule has 306 valence electrons. The third-order valence-electron chi connectivity index (χ3n) is 8.43. The summed E-state index contributed by atoms with van der Waals surface area (Å²) in [6.07, 6.45) is -7.02. The van der Waals surface area contributed by atoms with Crippen molar-refractivity contribution in [2.24, 2.45) is 0 Å². The second-order valence-electron chi connectivity index (χ2n) is 12.3. The number of halogens is 4. The van der Waals surface area contributed by atoms with Crippen LogP contribution in [0.15, 0.2) is 36.4 Å². The topological polar surface area (TPSA) is 272 Å². The van der Waals surface area contributed by atoms with Crippen molar-refractivity contribution in [2.45, 2.75) is 54.8 Å². The molecule has 2 aliphatic rings. The number of H-pyrrole nitrogens is 2. The van der Waals surface area contributed by atoms with E-state index in [4.69, 9.17) is 30.5 Å². The molecule has 0 bridgehead atoms. The number of hydrogen-bond acceptors (Lipinski definition) is 15. The average Bonchev–Trinajstić information content (AvgIpc) is 3.84. The van der Waals surface area contributed by atoms with E-state index in [1.54, 1.807) is 0 Å². The highest BCUT2D eigenvalue weighted by molar-refractivity contribution is 7.96. The number of ether oxygens (including phenoxy) is 5. The second kappa shape index (κ2) is 16.9. The minimum Gasteiger partial charge on any atom is -0.476 e. The summed E-state index contributed by atoms with van der Waals surface area (Å²) in [6, 6.07) is 6.63. The summed E-state index contributed by atoms with van der Waals surface area (Å²) in [5, 5.41) is 38.5. The van der Waals surface area contributed by atoms with Crippen molar-refractivity contribution >= 4 is 43.2 Å². The molecule has 0 radical (unpaired) electrons. The minimum absolute atomic E-state index is 0.00258. The van der Waals surface area contributed by atoms with E-state index in [0.717, 1.165) is 18.2 Å². The fourth-order valence-electron chi connectivity index (χ4n) is 5.73. The Hall–Kier alpha value is -5.92. The van der Waals surface area contributed by atoms with Crippen LogP contribution < -0.4 is 14.2 Å². The van der Waals surface area contributed by atoms with E-state index < -0.39 is 89.5 Å². The molecule has 25 heteroatoms. The fraction of sp³-hybridized carbons (Fsp3) is 0.333. The molecule has 2 aromatic heterocycles. The van der Waals surface area contributed by atoms with Gasteiger partial charge in [0.25, 0.3) is 11.8 Å². The lowest BCUT2D eigenvalue weighted by atomic mass is 9.97. The Morgan fingerprint density at radius 1 is 0.776 bits per heavy atom. The molecule has 2 aromatic carbocycles. The fourth-order valence-corrected chi connectivity index (χ4v) is 8.50. The van der Waals surface area contributed by atoms with Crippen LogP contribution in [-0.4, -0.2) is 112 Å². The van der Waals surface area contributed by atoms with Gasteiger partial charge in [-0.25, -0.2) is 36.6 Å². The van der Waals surface area contributed by atoms with Crippen LogP contribution >= 0.6 is 11.6 Å². The van der Waals surface area contributed by atoms with Crippen LogP contribution in [0.1, 0.15) is 57.8 Å². The van der Waals surface area contributed by atoms with Gasteiger partial charge in [0.15, 0.2) is 0 Å². The largest absolute Gasteiger partial charge is 0.573 e. The quantitative estimate of drug-likeness (QED) is 0.165. The number of aromatic carboxylic acids is 2. The van der Waals surface area contributed by atoms with E-state index in [9.17, 15) is 49.8 Å². The zero-order chi connectivity index (χ0) is 41.8. The minimum atomic E-state index is -5.16. The summed E-state index contributed by atoms with van der Waals surface area (Å²) in [5.41, 5.74) is -1.14. The molecule has 4 unspecified atom stereocenters. The van der Waals surface area contributed by atoms with Gasteiger partial charge in [0.1, 0.15) is 17.2 Å². The van der Waals surface area contributed by atoms with Gasteiger partial charge in [-0.1, -0.05) is 32.2 Å². The van der Waals surface area contributed by atoms with Gasteiger partial charge in [0.2, 0.25) is 31.1 Å². The van der Waals surface area contributed by atoms with Crippen LogP contribution in [0.2, 0.25) is 5.02 Å². The average molecular weight is 871 g/mol. The summed E-state index contributed by atoms with van der Waals surface area (Å²) < 4.78 is 119. The predicted molar refractivity (Wildman–Crippen MR) is 189 cm³/mol. The molecule has 4 atom stereocenters. The number of benzene rings is 2. The Morgan fingerprint density at radius 2 is 1.29 bits per heavy atom. The van der Waals surface area contributed by atoms with Crippen LogP contribution in [0, 0.1) is 22.3 Å². The van der Waals surface area contributed by atoms with Crippen LogP contribution in [-0.2, 0) is 29.1 Å². The summed E-state index contributed by atoms with van der Waals surface area (Å²) >= 11 is 6.25. The standard InChI is InChI=1S/C33H26ClF3N6O13S2/c34-23-13-17(1-2-24(23)55-30-28(32(46)47)39-43-41-30)5-9-57(48,49)21-3-7-52-25(15-21)26-16-22(4-8-53-26)58(50,51)10-6-18-11-19(14-20(12-18)56-33(35,36)37)54-29-27(31(44)45)38-42-40-29/h1-2,11-14,21-22,25-26H,3-4,7-8,15-16H2,(H,44,45)(H,46,47)(H,38,40,42)(H,39,41,43). The maximum absolute atomic E-state index is 13.4. The van der Waals surface area contributed by atoms with Crippen molar-refractivity contribution in [3.05, 3.63) is 63.9 Å². The molecule has 58 heavy (non-hydrogen) atoms. The number of aromatic nitrogens is 6. The number of nitrogens with zero attached hydrogens (tertiary/aromatic N) is 4. The number of aromatic amines is 2. The van der Waals surface area contributed by atoms with Gasteiger partial charge < -0.3 is 33.9 Å². The van der Waals surface area contributed by atoms with Crippen molar-refractivity contribution < 1.29 is 73.5 Å². The Balaban J connectivity index is 1.13. The molecule has 4 heterocycles. The Bertz CT molecular complexity index is 2580. The molecular formula is C33H26ClF3N6O13S2. The van der Waals surface area contributed by atoms with E-state index in [-0.39, 0.29) is 66.7 Å². The number of nitrogens with one attached hydrogen (secondary N) is 2. The molecule has 0 saturated carbocycles. The summed E-state index contributed by atoms with van der Waals surface area (Å²) in [5.74, 6) is -0.283. The van der Waals surface area contributed by atoms with E-state index >= 15 is 0 Å². The molecule has 4 N–H and O–H groups in total. The molecule has 6 rings (SSSR count). The second-order valence-corrected chi connectivity index (χ2v) is 16.7. The highest BCUT2D eigenvalue weighted by Gasteiger charge is 2.41. The van der Waals surface area contributed by atoms with Crippen LogP contribution in [0.4, 0.5) is 13.2 Å². The summed E-state index contributed by atoms with van der Waals surface area (Å²) in [7, 11) is -8.37. The summed E-state index contributed by atoms with van der Waals surface area (Å²) in [4.78, 5) is 22.6. The van der Waals surface area contributed by atoms with E-state index in [0.29, 0.717) is 0 Å². The lowest BCUT2D eigenvalue weighted by Crippen LogP contribution is -2.46. The number of sulfone groups is 2. The Morgan fingerprint density at radius 3 is 1.81 bits per heavy atom. The SMILES string of the molecule is O=C(O)c1[nH]nnc1Oc1cc(C#CS(=O)(=O)C2CCOC(C3CC(S(=O)(=O)C#Cc4ccc(Oc5nn[nH]c5C(=O)O)c(Cl)c4)CCO3)C2)cc(OC(F)(F)F)c1. The van der Waals surface area contributed by atoms with Gasteiger partial charge in [-0.05, 0) is 67.9 Å². The Kier molecular flexibility index (Phi) is 12.1. The maximum Gasteiger partial charge on any atom is 0.573 e. The molecular weight excluding hydrogens is 845 g/mol. The van der Waals surface area contributed by atoms with Gasteiger partial charge in [-0.15, -0.1) is 13.2 Å². The molecule has 2 saturated heterocycles. The van der Waals surface area contributed by atoms with Crippen LogP contribution in [0.25, 0.3) is 0 Å². The van der Waals surface area contributed by atoms with E-state index in [2.05, 4.69) is 57.9 Å². The first kappa shape index (κ1) is 41.7. The number of carboxylic acid groups (broad SMARTS) is 2. The van der Waals surface area contributed by atoms with E-state index in [1.165, 1.54) is 18.2 Å². The van der Waals surface area contributed by atoms with Crippen molar-refractivity contribution in [1.29, 1.82) is 0 Å². The van der Waals surface area contributed by atoms with Gasteiger partial charge in [-0.2, -0.15) is 0 Å². The lowest BCUT2D eigenvalue weighted by molar-refractivity contribution is -0.274. The molecule has 0 spiro atoms. The maximum atomic E-state index is 13.4. The molecule has 2 fully saturated rings. The van der Waals surface area contributed by atoms with Gasteiger partial charge in [0.05, 0.1) is 27.7 Å². The van der Waals surface area contributed by atoms with Crippen molar-refractivity contribution in [3.63, 3.8) is 0 Å². The van der Waals surface area contributed by atoms with Crippen LogP contribution in [0.3, 0.4) is 0 Å².